The Morgan fingerprint density at radius 3 is 2.13 bits per heavy atom. The van der Waals surface area contributed by atoms with Gasteiger partial charge in [0.05, 0.1) is 0 Å². The van der Waals surface area contributed by atoms with Crippen molar-refractivity contribution in [2.45, 2.75) is 39.0 Å². The van der Waals surface area contributed by atoms with Gasteiger partial charge in [-0.15, -0.1) is 11.6 Å². The monoisotopic (exact) mass is 224 g/mol. The van der Waals surface area contributed by atoms with E-state index in [9.17, 15) is 0 Å². The van der Waals surface area contributed by atoms with Crippen molar-refractivity contribution in [2.75, 3.05) is 5.88 Å². The molecular formula is C14H21Cl. The molecular weight excluding hydrogens is 204 g/mol. The molecule has 0 aliphatic heterocycles. The van der Waals surface area contributed by atoms with E-state index < -0.39 is 0 Å². The van der Waals surface area contributed by atoms with E-state index in [0.717, 1.165) is 11.8 Å². The predicted molar refractivity (Wildman–Crippen MR) is 68.6 cm³/mol. The van der Waals surface area contributed by atoms with Crippen LogP contribution in [0.5, 0.6) is 0 Å². The van der Waals surface area contributed by atoms with Gasteiger partial charge in [0.15, 0.2) is 0 Å². The highest BCUT2D eigenvalue weighted by Crippen LogP contribution is 2.28. The van der Waals surface area contributed by atoms with E-state index in [0.29, 0.717) is 5.92 Å². The van der Waals surface area contributed by atoms with Crippen LogP contribution in [0.3, 0.4) is 0 Å². The van der Waals surface area contributed by atoms with Crippen LogP contribution < -0.4 is 0 Å². The Kier molecular flexibility index (Phi) is 5.78. The standard InChI is InChI=1S/C14H21Cl/c1-3-12(4-2)10-14(11-15)13-8-6-5-7-9-13/h5-9,12,14H,3-4,10-11H2,1-2H3. The molecule has 1 unspecified atom stereocenters. The van der Waals surface area contributed by atoms with Crippen LogP contribution in [-0.4, -0.2) is 5.88 Å². The van der Waals surface area contributed by atoms with E-state index in [-0.39, 0.29) is 0 Å². The summed E-state index contributed by atoms with van der Waals surface area (Å²) in [5.74, 6) is 2.08. The molecule has 0 radical (unpaired) electrons. The zero-order valence-electron chi connectivity index (χ0n) is 9.75. The number of alkyl halides is 1. The molecule has 1 aromatic carbocycles. The molecule has 84 valence electrons. The molecule has 0 nitrogen and oxygen atoms in total. The fourth-order valence-corrected chi connectivity index (χ4v) is 2.34. The van der Waals surface area contributed by atoms with Crippen molar-refractivity contribution in [3.63, 3.8) is 0 Å². The summed E-state index contributed by atoms with van der Waals surface area (Å²) in [4.78, 5) is 0. The van der Waals surface area contributed by atoms with E-state index in [1.54, 1.807) is 0 Å². The van der Waals surface area contributed by atoms with Crippen molar-refractivity contribution in [1.29, 1.82) is 0 Å². The third-order valence-electron chi connectivity index (χ3n) is 3.23. The summed E-state index contributed by atoms with van der Waals surface area (Å²) < 4.78 is 0. The second-order valence-electron chi connectivity index (χ2n) is 4.18. The molecule has 0 aromatic heterocycles. The Morgan fingerprint density at radius 1 is 1.07 bits per heavy atom. The molecule has 0 saturated heterocycles. The normalized spacial score (nSPS) is 13.1. The van der Waals surface area contributed by atoms with Gasteiger partial charge in [-0.3, -0.25) is 0 Å². The summed E-state index contributed by atoms with van der Waals surface area (Å²) in [6.45, 7) is 4.54. The van der Waals surface area contributed by atoms with Gasteiger partial charge in [-0.25, -0.2) is 0 Å². The van der Waals surface area contributed by atoms with Gasteiger partial charge in [-0.1, -0.05) is 57.0 Å². The quantitative estimate of drug-likeness (QED) is 0.607. The fourth-order valence-electron chi connectivity index (χ4n) is 2.04. The van der Waals surface area contributed by atoms with Crippen molar-refractivity contribution in [2.24, 2.45) is 5.92 Å². The minimum absolute atomic E-state index is 0.526. The van der Waals surface area contributed by atoms with Crippen LogP contribution in [0.25, 0.3) is 0 Å². The Morgan fingerprint density at radius 2 is 1.67 bits per heavy atom. The number of halogens is 1. The van der Waals surface area contributed by atoms with E-state index in [1.807, 2.05) is 0 Å². The maximum atomic E-state index is 6.06. The topological polar surface area (TPSA) is 0 Å². The number of rotatable bonds is 6. The average molecular weight is 225 g/mol. The summed E-state index contributed by atoms with van der Waals surface area (Å²) in [5, 5.41) is 0. The molecule has 1 heteroatoms. The Hall–Kier alpha value is -0.490. The lowest BCUT2D eigenvalue weighted by molar-refractivity contribution is 0.424. The van der Waals surface area contributed by atoms with E-state index >= 15 is 0 Å². The molecule has 0 heterocycles. The highest BCUT2D eigenvalue weighted by Gasteiger charge is 2.14. The summed E-state index contributed by atoms with van der Waals surface area (Å²) in [6.07, 6.45) is 3.74. The fraction of sp³-hybridized carbons (Fsp3) is 0.571. The smallest absolute Gasteiger partial charge is 0.0292 e. The van der Waals surface area contributed by atoms with Crippen LogP contribution in [0.1, 0.15) is 44.6 Å². The molecule has 0 amide bonds. The SMILES string of the molecule is CCC(CC)CC(CCl)c1ccccc1. The molecule has 0 bridgehead atoms. The molecule has 0 aliphatic carbocycles. The van der Waals surface area contributed by atoms with E-state index in [2.05, 4.69) is 44.2 Å². The zero-order valence-corrected chi connectivity index (χ0v) is 10.5. The van der Waals surface area contributed by atoms with Gasteiger partial charge in [0.25, 0.3) is 0 Å². The first-order valence-corrected chi connectivity index (χ1v) is 6.46. The third-order valence-corrected chi connectivity index (χ3v) is 3.60. The van der Waals surface area contributed by atoms with Crippen molar-refractivity contribution >= 4 is 11.6 Å². The van der Waals surface area contributed by atoms with Crippen molar-refractivity contribution in [1.82, 2.24) is 0 Å². The van der Waals surface area contributed by atoms with Crippen LogP contribution >= 0.6 is 11.6 Å². The first-order valence-electron chi connectivity index (χ1n) is 5.92. The largest absolute Gasteiger partial charge is 0.126 e. The Labute approximate surface area is 98.7 Å². The molecule has 1 rings (SSSR count). The minimum Gasteiger partial charge on any atom is -0.126 e. The number of hydrogen-bond acceptors (Lipinski definition) is 0. The third kappa shape index (κ3) is 3.87. The summed E-state index contributed by atoms with van der Waals surface area (Å²) in [6, 6.07) is 10.6. The van der Waals surface area contributed by atoms with E-state index in [4.69, 9.17) is 11.6 Å². The maximum Gasteiger partial charge on any atom is 0.0292 e. The molecule has 0 spiro atoms. The lowest BCUT2D eigenvalue weighted by atomic mass is 9.87. The maximum absolute atomic E-state index is 6.06. The van der Waals surface area contributed by atoms with Crippen LogP contribution in [0.4, 0.5) is 0 Å². The predicted octanol–water partition coefficient (Wildman–Crippen LogP) is 4.84. The van der Waals surface area contributed by atoms with Crippen LogP contribution in [0.2, 0.25) is 0 Å². The highest BCUT2D eigenvalue weighted by molar-refractivity contribution is 6.18. The van der Waals surface area contributed by atoms with Crippen molar-refractivity contribution < 1.29 is 0 Å². The molecule has 1 aromatic rings. The van der Waals surface area contributed by atoms with Crippen LogP contribution in [0.15, 0.2) is 30.3 Å². The lowest BCUT2D eigenvalue weighted by Crippen LogP contribution is -2.08. The Balaban J connectivity index is 2.64. The number of benzene rings is 1. The van der Waals surface area contributed by atoms with Crippen LogP contribution in [-0.2, 0) is 0 Å². The molecule has 0 fully saturated rings. The van der Waals surface area contributed by atoms with Gasteiger partial charge in [-0.05, 0) is 23.8 Å². The van der Waals surface area contributed by atoms with Gasteiger partial charge in [0.1, 0.15) is 0 Å². The molecule has 0 saturated carbocycles. The van der Waals surface area contributed by atoms with Gasteiger partial charge < -0.3 is 0 Å². The zero-order chi connectivity index (χ0) is 11.1. The van der Waals surface area contributed by atoms with Crippen molar-refractivity contribution in [3.05, 3.63) is 35.9 Å². The van der Waals surface area contributed by atoms with Gasteiger partial charge in [0, 0.05) is 5.88 Å². The van der Waals surface area contributed by atoms with Gasteiger partial charge >= 0.3 is 0 Å². The number of hydrogen-bond donors (Lipinski definition) is 0. The molecule has 15 heavy (non-hydrogen) atoms. The first kappa shape index (κ1) is 12.6. The summed E-state index contributed by atoms with van der Waals surface area (Å²) in [5.41, 5.74) is 1.39. The van der Waals surface area contributed by atoms with Crippen LogP contribution in [0, 0.1) is 5.92 Å². The molecule has 0 N–H and O–H groups in total. The Bertz CT molecular complexity index is 251. The summed E-state index contributed by atoms with van der Waals surface area (Å²) in [7, 11) is 0. The highest BCUT2D eigenvalue weighted by atomic mass is 35.5. The lowest BCUT2D eigenvalue weighted by Gasteiger charge is -2.20. The second kappa shape index (κ2) is 6.90. The van der Waals surface area contributed by atoms with E-state index in [1.165, 1.54) is 24.8 Å². The molecule has 0 aliphatic rings. The minimum atomic E-state index is 0.526. The van der Waals surface area contributed by atoms with Gasteiger partial charge in [0.2, 0.25) is 0 Å². The van der Waals surface area contributed by atoms with Gasteiger partial charge in [-0.2, -0.15) is 0 Å². The second-order valence-corrected chi connectivity index (χ2v) is 4.49. The molecule has 1 atom stereocenters. The average Bonchev–Trinajstić information content (AvgIpc) is 2.32. The first-order chi connectivity index (χ1) is 7.31. The summed E-state index contributed by atoms with van der Waals surface area (Å²) >= 11 is 6.06. The van der Waals surface area contributed by atoms with Crippen molar-refractivity contribution in [3.8, 4) is 0 Å².